The van der Waals surface area contributed by atoms with Gasteiger partial charge in [0.25, 0.3) is 11.1 Å². The molecule has 0 aliphatic carbocycles. The minimum Gasteiger partial charge on any atom is -0.492 e. The fourth-order valence-electron chi connectivity index (χ4n) is 6.45. The zero-order valence-corrected chi connectivity index (χ0v) is 34.0. The van der Waals surface area contributed by atoms with E-state index >= 15 is 0 Å². The molecule has 0 bridgehead atoms. The first-order chi connectivity index (χ1) is 28.6. The second-order valence-electron chi connectivity index (χ2n) is 13.3. The third kappa shape index (κ3) is 9.75. The van der Waals surface area contributed by atoms with Crippen molar-refractivity contribution in [1.29, 1.82) is 0 Å². The summed E-state index contributed by atoms with van der Waals surface area (Å²) in [6, 6.07) is 6.48. The second-order valence-corrected chi connectivity index (χ2v) is 18.4. The number of fused-ring (bicyclic) bond motifs is 2. The molecular weight excluding hydrogens is 907 g/mol. The Morgan fingerprint density at radius 3 is 2.03 bits per heavy atom. The van der Waals surface area contributed by atoms with E-state index in [0.29, 0.717) is 10.8 Å². The van der Waals surface area contributed by atoms with Crippen molar-refractivity contribution in [2.24, 2.45) is 0 Å². The number of aliphatic hydroxyl groups is 4. The summed E-state index contributed by atoms with van der Waals surface area (Å²) in [6.45, 7) is -2.11. The molecule has 2 fully saturated rings. The summed E-state index contributed by atoms with van der Waals surface area (Å²) in [7, 11) is -17.5. The van der Waals surface area contributed by atoms with E-state index < -0.39 is 96.8 Å². The monoisotopic (exact) mass is 941 g/mol. The number of phosphoric ester groups is 2. The molecule has 5 aromatic rings. The van der Waals surface area contributed by atoms with Crippen LogP contribution >= 0.6 is 35.1 Å². The van der Waals surface area contributed by atoms with Crippen LogP contribution in [0.25, 0.3) is 22.2 Å². The molecule has 0 amide bonds. The highest BCUT2D eigenvalue weighted by Gasteiger charge is 2.49. The fraction of sp³-hybridized carbons (Fsp3) is 0.414. The zero-order valence-electron chi connectivity index (χ0n) is 30.6. The molecule has 2 saturated heterocycles. The number of nitrogens with zero attached hydrogens (tertiary/aromatic N) is 5. The number of phosphoric acid groups is 3. The van der Waals surface area contributed by atoms with Gasteiger partial charge in [-0.3, -0.25) is 33.2 Å². The quantitative estimate of drug-likeness (QED) is 0.0523. The predicted molar refractivity (Wildman–Crippen MR) is 203 cm³/mol. The molecule has 32 heteroatoms. The Kier molecular flexibility index (Phi) is 12.7. The summed E-state index contributed by atoms with van der Waals surface area (Å²) >= 11 is 5.91. The van der Waals surface area contributed by atoms with Crippen molar-refractivity contribution in [2.75, 3.05) is 31.3 Å². The van der Waals surface area contributed by atoms with Crippen LogP contribution in [-0.4, -0.2) is 126 Å². The molecule has 332 valence electrons. The van der Waals surface area contributed by atoms with Gasteiger partial charge in [-0.2, -0.15) is 13.6 Å². The van der Waals surface area contributed by atoms with Crippen LogP contribution in [0.1, 0.15) is 17.9 Å². The fourth-order valence-corrected chi connectivity index (χ4v) is 10.1. The van der Waals surface area contributed by atoms with E-state index in [-0.39, 0.29) is 52.8 Å². The molecule has 0 saturated carbocycles. The molecule has 13 N–H and O–H groups in total. The molecule has 0 spiro atoms. The molecule has 7 rings (SSSR count). The maximum Gasteiger partial charge on any atom is 0.490 e. The van der Waals surface area contributed by atoms with Gasteiger partial charge < -0.3 is 65.4 Å². The lowest BCUT2D eigenvalue weighted by Gasteiger charge is -2.21. The van der Waals surface area contributed by atoms with Crippen LogP contribution in [0.15, 0.2) is 46.4 Å². The van der Waals surface area contributed by atoms with Crippen molar-refractivity contribution in [3.8, 4) is 5.75 Å². The Balaban J connectivity index is 0.952. The van der Waals surface area contributed by atoms with Gasteiger partial charge in [-0.1, -0.05) is 11.6 Å². The molecule has 5 unspecified atom stereocenters. The average molecular weight is 942 g/mol. The number of H-pyrrole nitrogens is 2. The molecule has 0 radical (unpaired) electrons. The van der Waals surface area contributed by atoms with Gasteiger partial charge in [-0.05, 0) is 24.3 Å². The zero-order chi connectivity index (χ0) is 44.2. The van der Waals surface area contributed by atoms with Gasteiger partial charge in [0, 0.05) is 16.8 Å². The van der Waals surface area contributed by atoms with Gasteiger partial charge in [-0.15, -0.1) is 0 Å². The number of halogens is 1. The number of ether oxygens (including phenoxy) is 3. The van der Waals surface area contributed by atoms with Crippen LogP contribution in [0.3, 0.4) is 0 Å². The Hall–Kier alpha value is -4.15. The standard InChI is InChI=1S/C29H35ClN9O19P3/c30-11-1-3-12(4-2-11)52-6-5-38-7-13(16-18(38)26(45)37-28(31)34-16)23-21(42)19(40)14(55-23)8-53-59(46,47)57-61(50,51)58-60(48,49)54-9-15-20(41)22(43)27(56-15)39-10-33-17-24(39)35-29(32)36-25(17)44/h1-4,7,10,14-15,19-23,27,40-43H,5-6,8-9H2,(H,46,47)(H,48,49)(H,50,51)(H3,31,34,37,45)(H3,32,35,36,44)/t14-,15-,19-,20-,21-,22-,23?,27?/m1/s1. The van der Waals surface area contributed by atoms with E-state index in [9.17, 15) is 58.4 Å². The summed E-state index contributed by atoms with van der Waals surface area (Å²) in [5.74, 6) is -0.136. The number of nitrogens with two attached hydrogens (primary N) is 2. The van der Waals surface area contributed by atoms with Crippen molar-refractivity contribution < 1.29 is 80.7 Å². The predicted octanol–water partition coefficient (Wildman–Crippen LogP) is -1.10. The number of hydrogen-bond acceptors (Lipinski definition) is 21. The van der Waals surface area contributed by atoms with Crippen molar-refractivity contribution >= 4 is 69.2 Å². The molecule has 2 aliphatic heterocycles. The summed E-state index contributed by atoms with van der Waals surface area (Å²) in [4.78, 5) is 71.9. The topological polar surface area (TPSA) is 424 Å². The van der Waals surface area contributed by atoms with Crippen LogP contribution in [0.4, 0.5) is 11.9 Å². The molecule has 28 nitrogen and oxygen atoms in total. The number of aromatic amines is 2. The van der Waals surface area contributed by atoms with E-state index in [2.05, 4.69) is 42.6 Å². The maximum atomic E-state index is 12.9. The number of aliphatic hydroxyl groups excluding tert-OH is 4. The smallest absolute Gasteiger partial charge is 0.490 e. The van der Waals surface area contributed by atoms with Gasteiger partial charge in [0.1, 0.15) is 66.1 Å². The lowest BCUT2D eigenvalue weighted by molar-refractivity contribution is -0.0503. The van der Waals surface area contributed by atoms with Crippen LogP contribution in [0, 0.1) is 0 Å². The van der Waals surface area contributed by atoms with Gasteiger partial charge in [0.05, 0.1) is 26.1 Å². The van der Waals surface area contributed by atoms with Crippen molar-refractivity contribution in [2.45, 2.75) is 55.5 Å². The van der Waals surface area contributed by atoms with Crippen molar-refractivity contribution in [1.82, 2.24) is 34.1 Å². The van der Waals surface area contributed by atoms with E-state index in [1.165, 1.54) is 10.8 Å². The van der Waals surface area contributed by atoms with E-state index in [1.807, 2.05) is 0 Å². The van der Waals surface area contributed by atoms with Gasteiger partial charge in [0.2, 0.25) is 11.9 Å². The number of anilines is 2. The third-order valence-corrected chi connectivity index (χ3v) is 13.6. The molecule has 1 aromatic carbocycles. The van der Waals surface area contributed by atoms with Crippen LogP contribution < -0.4 is 27.3 Å². The minimum absolute atomic E-state index is 0.00896. The normalized spacial score (nSPS) is 27.3. The number of rotatable bonds is 16. The molecule has 6 heterocycles. The molecule has 11 atom stereocenters. The lowest BCUT2D eigenvalue weighted by atomic mass is 10.0. The van der Waals surface area contributed by atoms with E-state index in [4.69, 9.17) is 37.3 Å². The minimum atomic E-state index is -6.05. The highest BCUT2D eigenvalue weighted by molar-refractivity contribution is 7.66. The van der Waals surface area contributed by atoms with Crippen molar-refractivity contribution in [3.63, 3.8) is 0 Å². The summed E-state index contributed by atoms with van der Waals surface area (Å²) in [5, 5.41) is 43.3. The summed E-state index contributed by atoms with van der Waals surface area (Å²) < 4.78 is 74.7. The Morgan fingerprint density at radius 2 is 1.38 bits per heavy atom. The number of nitrogen functional groups attached to an aromatic ring is 2. The third-order valence-electron chi connectivity index (χ3n) is 9.13. The largest absolute Gasteiger partial charge is 0.492 e. The first-order valence-electron chi connectivity index (χ1n) is 17.3. The summed E-state index contributed by atoms with van der Waals surface area (Å²) in [6.07, 6.45) is -11.1. The van der Waals surface area contributed by atoms with Crippen molar-refractivity contribution in [3.05, 3.63) is 68.1 Å². The lowest BCUT2D eigenvalue weighted by Crippen LogP contribution is -2.33. The number of hydrogen-bond donors (Lipinski definition) is 11. The van der Waals surface area contributed by atoms with Crippen LogP contribution in [0.2, 0.25) is 5.02 Å². The Bertz CT molecular complexity index is 2700. The highest BCUT2D eigenvalue weighted by atomic mass is 35.5. The van der Waals surface area contributed by atoms with E-state index in [1.54, 1.807) is 24.3 Å². The van der Waals surface area contributed by atoms with Gasteiger partial charge in [-0.25, -0.2) is 23.7 Å². The van der Waals surface area contributed by atoms with Gasteiger partial charge >= 0.3 is 23.5 Å². The number of imidazole rings is 1. The maximum absolute atomic E-state index is 12.9. The van der Waals surface area contributed by atoms with Crippen LogP contribution in [0.5, 0.6) is 5.75 Å². The number of benzene rings is 1. The molecule has 2 aliphatic rings. The first kappa shape index (κ1) is 44.9. The molecular formula is C29H35ClN9O19P3. The second kappa shape index (κ2) is 17.2. The number of nitrogens with one attached hydrogen (secondary N) is 2. The molecule has 61 heavy (non-hydrogen) atoms. The Labute approximate surface area is 344 Å². The average Bonchev–Trinajstić information content (AvgIpc) is 3.89. The van der Waals surface area contributed by atoms with E-state index in [0.717, 1.165) is 10.9 Å². The SMILES string of the molecule is Nc1nc2c(ncn2C2O[C@H](COP(=O)(O)OP(=O)(O)OP(=O)(O)OC[C@H]3OC(c4cn(CCOc5ccc(Cl)cc5)c5c(=O)[nH]c(N)nc45)[C@H](O)[C@@H]3O)[C@@H](O)[C@H]2O)c(=O)[nH]1. The number of aromatic nitrogens is 7. The summed E-state index contributed by atoms with van der Waals surface area (Å²) in [5.41, 5.74) is 9.58. The highest BCUT2D eigenvalue weighted by Crippen LogP contribution is 2.68. The molecule has 4 aromatic heterocycles. The van der Waals surface area contributed by atoms with Crippen LogP contribution in [-0.2, 0) is 47.4 Å². The Morgan fingerprint density at radius 1 is 0.787 bits per heavy atom. The first-order valence-corrected chi connectivity index (χ1v) is 22.2. The van der Waals surface area contributed by atoms with Gasteiger partial charge in [0.15, 0.2) is 17.4 Å².